The molecule has 21 heavy (non-hydrogen) atoms. The molecule has 5 nitrogen and oxygen atoms in total. The van der Waals surface area contributed by atoms with E-state index in [0.29, 0.717) is 11.6 Å². The molecular formula is C16H16N4O. The predicted molar refractivity (Wildman–Crippen MR) is 81.1 cm³/mol. The molecule has 5 heteroatoms. The summed E-state index contributed by atoms with van der Waals surface area (Å²) in [5.74, 6) is 0.567. The first-order valence-electron chi connectivity index (χ1n) is 7.14. The van der Waals surface area contributed by atoms with Crippen molar-refractivity contribution in [3.63, 3.8) is 0 Å². The fourth-order valence-corrected chi connectivity index (χ4v) is 2.63. The zero-order valence-corrected chi connectivity index (χ0v) is 11.7. The van der Waals surface area contributed by atoms with Gasteiger partial charge in [0.25, 0.3) is 5.56 Å². The molecule has 0 radical (unpaired) electrons. The summed E-state index contributed by atoms with van der Waals surface area (Å²) in [6.07, 6.45) is 3.41. The van der Waals surface area contributed by atoms with Gasteiger partial charge in [0.1, 0.15) is 11.6 Å². The van der Waals surface area contributed by atoms with Gasteiger partial charge in [0.15, 0.2) is 0 Å². The number of nitrogens with one attached hydrogen (secondary N) is 1. The fraction of sp³-hybridized carbons (Fsp3) is 0.312. The lowest BCUT2D eigenvalue weighted by Gasteiger charge is -2.27. The lowest BCUT2D eigenvalue weighted by Crippen LogP contribution is -2.33. The molecule has 2 aromatic rings. The molecule has 0 unspecified atom stereocenters. The first kappa shape index (κ1) is 13.4. The van der Waals surface area contributed by atoms with E-state index >= 15 is 0 Å². The van der Waals surface area contributed by atoms with E-state index in [1.807, 2.05) is 36.4 Å². The van der Waals surface area contributed by atoms with Crippen molar-refractivity contribution in [2.45, 2.75) is 19.3 Å². The van der Waals surface area contributed by atoms with E-state index in [9.17, 15) is 10.1 Å². The van der Waals surface area contributed by atoms with Crippen LogP contribution in [0.1, 0.15) is 24.8 Å². The molecule has 0 spiro atoms. The SMILES string of the molecule is N#Cc1c(-c2ccccc2)nc(N2CCCCC2)[nH]c1=O. The molecule has 1 aromatic heterocycles. The van der Waals surface area contributed by atoms with Gasteiger partial charge in [-0.05, 0) is 19.3 Å². The summed E-state index contributed by atoms with van der Waals surface area (Å²) in [7, 11) is 0. The van der Waals surface area contributed by atoms with E-state index < -0.39 is 0 Å². The van der Waals surface area contributed by atoms with E-state index in [1.165, 1.54) is 6.42 Å². The molecule has 0 aliphatic carbocycles. The van der Waals surface area contributed by atoms with Crippen molar-refractivity contribution in [3.8, 4) is 17.3 Å². The number of nitrogens with zero attached hydrogens (tertiary/aromatic N) is 3. The quantitative estimate of drug-likeness (QED) is 0.916. The molecule has 106 valence electrons. The average molecular weight is 280 g/mol. The van der Waals surface area contributed by atoms with Crippen molar-refractivity contribution in [2.24, 2.45) is 0 Å². The maximum Gasteiger partial charge on any atom is 0.270 e. The monoisotopic (exact) mass is 280 g/mol. The molecule has 0 bridgehead atoms. The molecule has 0 amide bonds. The van der Waals surface area contributed by atoms with Crippen molar-refractivity contribution >= 4 is 5.95 Å². The third-order valence-electron chi connectivity index (χ3n) is 3.72. The van der Waals surface area contributed by atoms with Crippen LogP contribution in [0.15, 0.2) is 35.1 Å². The highest BCUT2D eigenvalue weighted by Crippen LogP contribution is 2.22. The standard InChI is InChI=1S/C16H16N4O/c17-11-13-14(12-7-3-1-4-8-12)18-16(19-15(13)21)20-9-5-2-6-10-20/h1,3-4,7-8H,2,5-6,9-10H2,(H,18,19,21). The minimum atomic E-state index is -0.369. The van der Waals surface area contributed by atoms with E-state index in [2.05, 4.69) is 14.9 Å². The Kier molecular flexibility index (Phi) is 3.69. The normalized spacial score (nSPS) is 14.7. The Labute approximate surface area is 122 Å². The number of aromatic amines is 1. The fourth-order valence-electron chi connectivity index (χ4n) is 2.63. The summed E-state index contributed by atoms with van der Waals surface area (Å²) in [4.78, 5) is 21.5. The molecule has 3 rings (SSSR count). The summed E-state index contributed by atoms with van der Waals surface area (Å²) < 4.78 is 0. The minimum Gasteiger partial charge on any atom is -0.342 e. The first-order valence-corrected chi connectivity index (χ1v) is 7.14. The summed E-state index contributed by atoms with van der Waals surface area (Å²) in [5, 5.41) is 9.24. The molecule has 1 aromatic carbocycles. The third kappa shape index (κ3) is 2.65. The summed E-state index contributed by atoms with van der Waals surface area (Å²) in [6.45, 7) is 1.78. The molecule has 1 fully saturated rings. The van der Waals surface area contributed by atoms with E-state index in [1.54, 1.807) is 0 Å². The van der Waals surface area contributed by atoms with Crippen LogP contribution >= 0.6 is 0 Å². The van der Waals surface area contributed by atoms with E-state index in [0.717, 1.165) is 31.5 Å². The Balaban J connectivity index is 2.11. The smallest absolute Gasteiger partial charge is 0.270 e. The Morgan fingerprint density at radius 2 is 1.86 bits per heavy atom. The number of benzene rings is 1. The van der Waals surface area contributed by atoms with Gasteiger partial charge in [0, 0.05) is 18.7 Å². The van der Waals surface area contributed by atoms with Crippen LogP contribution in [0.3, 0.4) is 0 Å². The summed E-state index contributed by atoms with van der Waals surface area (Å²) >= 11 is 0. The van der Waals surface area contributed by atoms with Crippen molar-refractivity contribution < 1.29 is 0 Å². The van der Waals surface area contributed by atoms with Crippen LogP contribution in [-0.2, 0) is 0 Å². The van der Waals surface area contributed by atoms with Gasteiger partial charge >= 0.3 is 0 Å². The van der Waals surface area contributed by atoms with Crippen LogP contribution in [-0.4, -0.2) is 23.1 Å². The second-order valence-corrected chi connectivity index (χ2v) is 5.14. The van der Waals surface area contributed by atoms with Crippen LogP contribution < -0.4 is 10.5 Å². The van der Waals surface area contributed by atoms with Crippen LogP contribution in [0.4, 0.5) is 5.95 Å². The largest absolute Gasteiger partial charge is 0.342 e. The van der Waals surface area contributed by atoms with Crippen LogP contribution in [0.25, 0.3) is 11.3 Å². The number of rotatable bonds is 2. The average Bonchev–Trinajstić information content (AvgIpc) is 2.55. The second-order valence-electron chi connectivity index (χ2n) is 5.14. The zero-order valence-electron chi connectivity index (χ0n) is 11.7. The Morgan fingerprint density at radius 1 is 1.14 bits per heavy atom. The number of anilines is 1. The second kappa shape index (κ2) is 5.80. The minimum absolute atomic E-state index is 0.0713. The maximum atomic E-state index is 12.2. The van der Waals surface area contributed by atoms with Gasteiger partial charge in [-0.1, -0.05) is 30.3 Å². The molecule has 1 N–H and O–H groups in total. The van der Waals surface area contributed by atoms with Crippen molar-refractivity contribution in [1.29, 1.82) is 5.26 Å². The van der Waals surface area contributed by atoms with Gasteiger partial charge in [0.2, 0.25) is 5.95 Å². The van der Waals surface area contributed by atoms with Gasteiger partial charge in [-0.3, -0.25) is 9.78 Å². The Morgan fingerprint density at radius 3 is 2.52 bits per heavy atom. The number of aromatic nitrogens is 2. The highest BCUT2D eigenvalue weighted by Gasteiger charge is 2.18. The Hall–Kier alpha value is -2.61. The molecular weight excluding hydrogens is 264 g/mol. The van der Waals surface area contributed by atoms with Crippen LogP contribution in [0, 0.1) is 11.3 Å². The van der Waals surface area contributed by atoms with Crippen molar-refractivity contribution in [2.75, 3.05) is 18.0 Å². The number of hydrogen-bond acceptors (Lipinski definition) is 4. The number of nitriles is 1. The number of hydrogen-bond donors (Lipinski definition) is 1. The highest BCUT2D eigenvalue weighted by atomic mass is 16.1. The highest BCUT2D eigenvalue weighted by molar-refractivity contribution is 5.67. The van der Waals surface area contributed by atoms with Crippen molar-refractivity contribution in [1.82, 2.24) is 9.97 Å². The summed E-state index contributed by atoms with van der Waals surface area (Å²) in [6, 6.07) is 11.3. The first-order chi connectivity index (χ1) is 10.3. The van der Waals surface area contributed by atoms with Gasteiger partial charge in [-0.25, -0.2) is 4.98 Å². The summed E-state index contributed by atoms with van der Waals surface area (Å²) in [5.41, 5.74) is 0.953. The van der Waals surface area contributed by atoms with Crippen LogP contribution in [0.2, 0.25) is 0 Å². The molecule has 0 saturated carbocycles. The zero-order chi connectivity index (χ0) is 14.7. The van der Waals surface area contributed by atoms with Crippen LogP contribution in [0.5, 0.6) is 0 Å². The van der Waals surface area contributed by atoms with Gasteiger partial charge in [-0.2, -0.15) is 5.26 Å². The van der Waals surface area contributed by atoms with Crippen molar-refractivity contribution in [3.05, 3.63) is 46.2 Å². The lowest BCUT2D eigenvalue weighted by atomic mass is 10.1. The molecule has 0 atom stereocenters. The number of H-pyrrole nitrogens is 1. The Bertz CT molecular complexity index is 724. The van der Waals surface area contributed by atoms with E-state index in [4.69, 9.17) is 0 Å². The molecule has 2 heterocycles. The lowest BCUT2D eigenvalue weighted by molar-refractivity contribution is 0.567. The third-order valence-corrected chi connectivity index (χ3v) is 3.72. The molecule has 1 saturated heterocycles. The maximum absolute atomic E-state index is 12.2. The molecule has 1 aliphatic rings. The number of piperidine rings is 1. The van der Waals surface area contributed by atoms with Gasteiger partial charge in [0.05, 0.1) is 5.69 Å². The topological polar surface area (TPSA) is 72.8 Å². The van der Waals surface area contributed by atoms with E-state index in [-0.39, 0.29) is 11.1 Å². The molecule has 1 aliphatic heterocycles. The van der Waals surface area contributed by atoms with Gasteiger partial charge < -0.3 is 4.90 Å². The van der Waals surface area contributed by atoms with Gasteiger partial charge in [-0.15, -0.1) is 0 Å². The predicted octanol–water partition coefficient (Wildman–Crippen LogP) is 2.30.